The van der Waals surface area contributed by atoms with Gasteiger partial charge in [-0.1, -0.05) is 18.2 Å². The van der Waals surface area contributed by atoms with Gasteiger partial charge in [-0.2, -0.15) is 5.26 Å². The van der Waals surface area contributed by atoms with Gasteiger partial charge < -0.3 is 19.5 Å². The molecule has 0 spiro atoms. The molecule has 1 aliphatic rings. The number of imidazole rings is 1. The Hall–Kier alpha value is -3.20. The van der Waals surface area contributed by atoms with Crippen molar-refractivity contribution in [2.24, 2.45) is 5.92 Å². The van der Waals surface area contributed by atoms with Crippen LogP contribution in [0.5, 0.6) is 5.75 Å². The van der Waals surface area contributed by atoms with Crippen LogP contribution in [0.4, 0.5) is 5.95 Å². The predicted octanol–water partition coefficient (Wildman–Crippen LogP) is 4.20. The number of H-pyrrole nitrogens is 1. The first-order chi connectivity index (χ1) is 12.3. The summed E-state index contributed by atoms with van der Waals surface area (Å²) in [6.45, 7) is 1.99. The fraction of sp³-hybridized carbons (Fsp3) is 0.263. The van der Waals surface area contributed by atoms with Crippen molar-refractivity contribution in [2.75, 3.05) is 5.32 Å². The van der Waals surface area contributed by atoms with Crippen molar-refractivity contribution < 1.29 is 9.15 Å². The van der Waals surface area contributed by atoms with E-state index in [0.29, 0.717) is 17.6 Å². The lowest BCUT2D eigenvalue weighted by molar-refractivity contribution is 0.0821. The number of aromatic amines is 1. The summed E-state index contributed by atoms with van der Waals surface area (Å²) in [6.07, 6.45) is 7.27. The highest BCUT2D eigenvalue weighted by atomic mass is 16.5. The predicted molar refractivity (Wildman–Crippen MR) is 94.0 cm³/mol. The first-order valence-electron chi connectivity index (χ1n) is 8.28. The molecule has 2 aromatic heterocycles. The summed E-state index contributed by atoms with van der Waals surface area (Å²) >= 11 is 0. The Morgan fingerprint density at radius 2 is 2.32 bits per heavy atom. The Bertz CT molecular complexity index is 957. The maximum absolute atomic E-state index is 8.86. The van der Waals surface area contributed by atoms with E-state index in [1.54, 1.807) is 6.26 Å². The van der Waals surface area contributed by atoms with Gasteiger partial charge in [-0.05, 0) is 31.9 Å². The molecule has 1 saturated carbocycles. The first-order valence-corrected chi connectivity index (χ1v) is 8.28. The van der Waals surface area contributed by atoms with Crippen molar-refractivity contribution >= 4 is 16.9 Å². The number of hydrogen-bond donors (Lipinski definition) is 2. The number of fused-ring (bicyclic) bond motifs is 1. The molecule has 0 aliphatic heterocycles. The Kier molecular flexibility index (Phi) is 3.90. The van der Waals surface area contributed by atoms with Crippen molar-refractivity contribution in [3.8, 4) is 11.8 Å². The maximum Gasteiger partial charge on any atom is 0.205 e. The van der Waals surface area contributed by atoms with Crippen LogP contribution in [0.2, 0.25) is 0 Å². The Morgan fingerprint density at radius 3 is 3.08 bits per heavy atom. The molecule has 1 aliphatic carbocycles. The Morgan fingerprint density at radius 1 is 1.44 bits per heavy atom. The van der Waals surface area contributed by atoms with Crippen LogP contribution in [0.15, 0.2) is 52.9 Å². The van der Waals surface area contributed by atoms with E-state index in [1.807, 2.05) is 43.3 Å². The number of nitrogens with one attached hydrogen (secondary N) is 2. The third-order valence-corrected chi connectivity index (χ3v) is 4.54. The highest BCUT2D eigenvalue weighted by Crippen LogP contribution is 2.38. The normalized spacial score (nSPS) is 20.1. The fourth-order valence-electron chi connectivity index (χ4n) is 3.14. The summed E-state index contributed by atoms with van der Waals surface area (Å²) < 4.78 is 11.6. The monoisotopic (exact) mass is 334 g/mol. The van der Waals surface area contributed by atoms with Gasteiger partial charge in [0.05, 0.1) is 12.5 Å². The average molecular weight is 334 g/mol. The van der Waals surface area contributed by atoms with E-state index >= 15 is 0 Å². The molecule has 0 bridgehead atoms. The minimum Gasteiger partial charge on any atom is -0.486 e. The summed E-state index contributed by atoms with van der Waals surface area (Å²) in [7, 11) is 0. The molecule has 6 heteroatoms. The minimum atomic E-state index is 0.170. The second-order valence-electron chi connectivity index (χ2n) is 6.13. The van der Waals surface area contributed by atoms with E-state index < -0.39 is 0 Å². The summed E-state index contributed by atoms with van der Waals surface area (Å²) in [4.78, 5) is 7.09. The third kappa shape index (κ3) is 2.96. The van der Waals surface area contributed by atoms with Gasteiger partial charge in [0.1, 0.15) is 17.9 Å². The van der Waals surface area contributed by atoms with Crippen molar-refractivity contribution in [3.05, 3.63) is 54.2 Å². The number of aromatic nitrogens is 2. The van der Waals surface area contributed by atoms with Crippen LogP contribution in [0.1, 0.15) is 25.5 Å². The molecule has 4 rings (SSSR count). The second-order valence-corrected chi connectivity index (χ2v) is 6.13. The van der Waals surface area contributed by atoms with Crippen LogP contribution in [-0.4, -0.2) is 16.1 Å². The number of benzene rings is 1. The van der Waals surface area contributed by atoms with E-state index in [4.69, 9.17) is 14.4 Å². The zero-order valence-electron chi connectivity index (χ0n) is 13.8. The van der Waals surface area contributed by atoms with Crippen molar-refractivity contribution in [3.63, 3.8) is 0 Å². The minimum absolute atomic E-state index is 0.170. The summed E-state index contributed by atoms with van der Waals surface area (Å²) in [6, 6.07) is 9.91. The molecule has 3 aromatic rings. The van der Waals surface area contributed by atoms with Gasteiger partial charge in [-0.15, -0.1) is 0 Å². The van der Waals surface area contributed by atoms with Crippen LogP contribution in [-0.2, 0) is 0 Å². The number of rotatable bonds is 5. The van der Waals surface area contributed by atoms with E-state index in [1.165, 1.54) is 6.20 Å². The van der Waals surface area contributed by atoms with Crippen molar-refractivity contribution in [1.29, 1.82) is 5.26 Å². The SMILES string of the molecule is C/C=C(/Nc1ncc(C#N)[nH]1)C1CC(Oc2cccc3ccoc23)C1. The lowest BCUT2D eigenvalue weighted by Crippen LogP contribution is -2.36. The van der Waals surface area contributed by atoms with Crippen LogP contribution in [0.3, 0.4) is 0 Å². The van der Waals surface area contributed by atoms with Gasteiger partial charge in [0.15, 0.2) is 11.3 Å². The molecule has 126 valence electrons. The summed E-state index contributed by atoms with van der Waals surface area (Å²) in [5, 5.41) is 13.2. The largest absolute Gasteiger partial charge is 0.486 e. The van der Waals surface area contributed by atoms with Crippen LogP contribution in [0, 0.1) is 17.2 Å². The smallest absolute Gasteiger partial charge is 0.205 e. The summed E-state index contributed by atoms with van der Waals surface area (Å²) in [5.41, 5.74) is 2.34. The molecule has 0 atom stereocenters. The first kappa shape index (κ1) is 15.3. The lowest BCUT2D eigenvalue weighted by atomic mass is 9.79. The molecular formula is C19H18N4O2. The number of anilines is 1. The molecule has 0 amide bonds. The van der Waals surface area contributed by atoms with Crippen molar-refractivity contribution in [2.45, 2.75) is 25.9 Å². The van der Waals surface area contributed by atoms with Gasteiger partial charge in [0.25, 0.3) is 0 Å². The van der Waals surface area contributed by atoms with Gasteiger partial charge >= 0.3 is 0 Å². The zero-order chi connectivity index (χ0) is 17.2. The van der Waals surface area contributed by atoms with Gasteiger partial charge in [0, 0.05) is 17.0 Å². The lowest BCUT2D eigenvalue weighted by Gasteiger charge is -2.36. The second kappa shape index (κ2) is 6.36. The standard InChI is InChI=1S/C19H18N4O2/c1-2-16(23-19-21-11-14(10-20)22-19)13-8-15(9-13)25-17-5-3-4-12-6-7-24-18(12)17/h2-7,11,13,15H,8-9H2,1H3,(H2,21,22,23)/b16-2+. The van der Waals surface area contributed by atoms with Gasteiger partial charge in [-0.3, -0.25) is 0 Å². The molecule has 25 heavy (non-hydrogen) atoms. The molecule has 1 aromatic carbocycles. The van der Waals surface area contributed by atoms with E-state index in [2.05, 4.69) is 15.3 Å². The number of nitrogens with zero attached hydrogens (tertiary/aromatic N) is 2. The quantitative estimate of drug-likeness (QED) is 0.730. The van der Waals surface area contributed by atoms with Crippen molar-refractivity contribution in [1.82, 2.24) is 9.97 Å². The number of furan rings is 1. The Balaban J connectivity index is 1.37. The number of nitriles is 1. The molecule has 0 unspecified atom stereocenters. The van der Waals surface area contributed by atoms with Gasteiger partial charge in [-0.25, -0.2) is 4.98 Å². The summed E-state index contributed by atoms with van der Waals surface area (Å²) in [5.74, 6) is 1.78. The molecule has 2 N–H and O–H groups in total. The fourth-order valence-corrected chi connectivity index (χ4v) is 3.14. The molecule has 6 nitrogen and oxygen atoms in total. The number of para-hydroxylation sites is 1. The maximum atomic E-state index is 8.86. The van der Waals surface area contributed by atoms with Crippen LogP contribution >= 0.6 is 0 Å². The van der Waals surface area contributed by atoms with Crippen LogP contribution < -0.4 is 10.1 Å². The number of allylic oxidation sites excluding steroid dienone is 2. The van der Waals surface area contributed by atoms with E-state index in [0.717, 1.165) is 35.3 Å². The average Bonchev–Trinajstić information content (AvgIpc) is 3.25. The molecule has 0 saturated heterocycles. The topological polar surface area (TPSA) is 86.9 Å². The van der Waals surface area contributed by atoms with E-state index in [-0.39, 0.29) is 6.10 Å². The Labute approximate surface area is 145 Å². The third-order valence-electron chi connectivity index (χ3n) is 4.54. The number of hydrogen-bond acceptors (Lipinski definition) is 5. The highest BCUT2D eigenvalue weighted by Gasteiger charge is 2.34. The van der Waals surface area contributed by atoms with Gasteiger partial charge in [0.2, 0.25) is 5.95 Å². The molecule has 1 fully saturated rings. The van der Waals surface area contributed by atoms with E-state index in [9.17, 15) is 0 Å². The highest BCUT2D eigenvalue weighted by molar-refractivity contribution is 5.82. The molecule has 2 heterocycles. The molecular weight excluding hydrogens is 316 g/mol. The number of ether oxygens (including phenoxy) is 1. The zero-order valence-corrected chi connectivity index (χ0v) is 13.8. The molecule has 0 radical (unpaired) electrons. The van der Waals surface area contributed by atoms with Crippen LogP contribution in [0.25, 0.3) is 11.0 Å².